The van der Waals surface area contributed by atoms with Crippen LogP contribution in [0, 0.1) is 11.6 Å². The molecule has 0 unspecified atom stereocenters. The van der Waals surface area contributed by atoms with Crippen molar-refractivity contribution in [2.45, 2.75) is 31.7 Å². The normalized spacial score (nSPS) is 23.2. The lowest BCUT2D eigenvalue weighted by atomic mass is 10.2. The zero-order valence-electron chi connectivity index (χ0n) is 11.2. The standard InChI is InChI=1S/C15H14F2N2OS/c16-10-6-5-9(12(17)8-10)7-13-14(20)19-15(21-13)18-11-3-1-2-4-11/h5-8,11H,1-4H2,(H,18,19,20)/b13-7-. The molecule has 0 spiro atoms. The average molecular weight is 308 g/mol. The highest BCUT2D eigenvalue weighted by molar-refractivity contribution is 8.18. The number of nitrogens with zero attached hydrogens (tertiary/aromatic N) is 1. The summed E-state index contributed by atoms with van der Waals surface area (Å²) in [5.41, 5.74) is 0.191. The maximum atomic E-state index is 13.6. The van der Waals surface area contributed by atoms with Crippen molar-refractivity contribution in [1.82, 2.24) is 5.32 Å². The first kappa shape index (κ1) is 14.3. The van der Waals surface area contributed by atoms with Crippen LogP contribution >= 0.6 is 11.8 Å². The Morgan fingerprint density at radius 1 is 1.29 bits per heavy atom. The minimum absolute atomic E-state index is 0.191. The molecule has 3 rings (SSSR count). The molecule has 2 fully saturated rings. The number of hydrogen-bond acceptors (Lipinski definition) is 3. The third-order valence-electron chi connectivity index (χ3n) is 3.52. The second kappa shape index (κ2) is 5.97. The summed E-state index contributed by atoms with van der Waals surface area (Å²) in [5, 5.41) is 3.26. The summed E-state index contributed by atoms with van der Waals surface area (Å²) in [6.07, 6.45) is 5.86. The van der Waals surface area contributed by atoms with Crippen molar-refractivity contribution < 1.29 is 13.6 Å². The minimum Gasteiger partial charge on any atom is -0.301 e. The molecular weight excluding hydrogens is 294 g/mol. The van der Waals surface area contributed by atoms with Gasteiger partial charge in [-0.05, 0) is 42.8 Å². The van der Waals surface area contributed by atoms with Gasteiger partial charge in [0.2, 0.25) is 0 Å². The summed E-state index contributed by atoms with van der Waals surface area (Å²) >= 11 is 1.20. The molecule has 1 aliphatic carbocycles. The van der Waals surface area contributed by atoms with E-state index in [-0.39, 0.29) is 17.5 Å². The maximum absolute atomic E-state index is 13.6. The van der Waals surface area contributed by atoms with E-state index < -0.39 is 11.6 Å². The highest BCUT2D eigenvalue weighted by atomic mass is 32.2. The molecule has 1 saturated heterocycles. The number of thioether (sulfide) groups is 1. The number of benzene rings is 1. The highest BCUT2D eigenvalue weighted by Gasteiger charge is 2.25. The largest absolute Gasteiger partial charge is 0.301 e. The molecule has 1 amide bonds. The van der Waals surface area contributed by atoms with Crippen molar-refractivity contribution in [2.75, 3.05) is 0 Å². The molecule has 110 valence electrons. The Kier molecular flexibility index (Phi) is 4.05. The minimum atomic E-state index is -0.683. The predicted octanol–water partition coefficient (Wildman–Crippen LogP) is 3.47. The number of amidine groups is 1. The lowest BCUT2D eigenvalue weighted by Crippen LogP contribution is -2.21. The summed E-state index contributed by atoms with van der Waals surface area (Å²) in [7, 11) is 0. The summed E-state index contributed by atoms with van der Waals surface area (Å²) in [4.78, 5) is 16.7. The number of hydrogen-bond donors (Lipinski definition) is 1. The Hall–Kier alpha value is -1.69. The van der Waals surface area contributed by atoms with Gasteiger partial charge in [0, 0.05) is 11.6 Å². The molecular formula is C15H14F2N2OS. The quantitative estimate of drug-likeness (QED) is 0.850. The van der Waals surface area contributed by atoms with Crippen LogP contribution in [-0.4, -0.2) is 17.1 Å². The first-order valence-corrected chi connectivity index (χ1v) is 7.67. The van der Waals surface area contributed by atoms with Crippen molar-refractivity contribution in [2.24, 2.45) is 4.99 Å². The molecule has 0 atom stereocenters. The Labute approximate surface area is 125 Å². The van der Waals surface area contributed by atoms with Crippen molar-refractivity contribution in [3.8, 4) is 0 Å². The molecule has 0 radical (unpaired) electrons. The van der Waals surface area contributed by atoms with Gasteiger partial charge in [-0.25, -0.2) is 8.78 Å². The summed E-state index contributed by atoms with van der Waals surface area (Å²) in [6.45, 7) is 0. The molecule has 1 saturated carbocycles. The van der Waals surface area contributed by atoms with Crippen LogP contribution in [0.25, 0.3) is 6.08 Å². The van der Waals surface area contributed by atoms with Crippen molar-refractivity contribution in [1.29, 1.82) is 0 Å². The van der Waals surface area contributed by atoms with E-state index in [1.54, 1.807) is 0 Å². The van der Waals surface area contributed by atoms with Crippen molar-refractivity contribution in [3.05, 3.63) is 40.3 Å². The fourth-order valence-corrected chi connectivity index (χ4v) is 3.33. The highest BCUT2D eigenvalue weighted by Crippen LogP contribution is 2.29. The smallest absolute Gasteiger partial charge is 0.264 e. The van der Waals surface area contributed by atoms with E-state index >= 15 is 0 Å². The third kappa shape index (κ3) is 3.32. The molecule has 0 bridgehead atoms. The Balaban J connectivity index is 1.79. The van der Waals surface area contributed by atoms with Crippen molar-refractivity contribution in [3.63, 3.8) is 0 Å². The molecule has 1 aliphatic heterocycles. The topological polar surface area (TPSA) is 41.5 Å². The zero-order valence-corrected chi connectivity index (χ0v) is 12.1. The molecule has 1 heterocycles. The first-order valence-electron chi connectivity index (χ1n) is 6.85. The second-order valence-electron chi connectivity index (χ2n) is 5.10. The molecule has 21 heavy (non-hydrogen) atoms. The molecule has 0 aromatic heterocycles. The van der Waals surface area contributed by atoms with E-state index in [0.717, 1.165) is 18.9 Å². The number of nitrogens with one attached hydrogen (secondary N) is 1. The SMILES string of the molecule is O=C1NC(=NC2CCCC2)S/C1=C\c1ccc(F)cc1F. The van der Waals surface area contributed by atoms with Crippen LogP contribution in [0.4, 0.5) is 8.78 Å². The van der Waals surface area contributed by atoms with E-state index in [1.807, 2.05) is 0 Å². The lowest BCUT2D eigenvalue weighted by Gasteiger charge is -2.02. The monoisotopic (exact) mass is 308 g/mol. The van der Waals surface area contributed by atoms with Gasteiger partial charge in [-0.3, -0.25) is 9.79 Å². The fraction of sp³-hybridized carbons (Fsp3) is 0.333. The Morgan fingerprint density at radius 3 is 2.76 bits per heavy atom. The average Bonchev–Trinajstić information content (AvgIpc) is 3.04. The summed E-state index contributed by atoms with van der Waals surface area (Å²) in [6, 6.07) is 3.56. The van der Waals surface area contributed by atoms with Crippen LogP contribution in [0.1, 0.15) is 31.2 Å². The van der Waals surface area contributed by atoms with Gasteiger partial charge in [0.1, 0.15) is 11.6 Å². The fourth-order valence-electron chi connectivity index (χ4n) is 2.45. The lowest BCUT2D eigenvalue weighted by molar-refractivity contribution is -0.115. The van der Waals surface area contributed by atoms with Crippen LogP contribution in [0.15, 0.2) is 28.1 Å². The zero-order chi connectivity index (χ0) is 14.8. The summed E-state index contributed by atoms with van der Waals surface area (Å²) in [5.74, 6) is -1.61. The van der Waals surface area contributed by atoms with E-state index in [0.29, 0.717) is 10.1 Å². The molecule has 2 aliphatic rings. The van der Waals surface area contributed by atoms with Gasteiger partial charge in [-0.15, -0.1) is 0 Å². The number of aliphatic imine (C=N–C) groups is 1. The molecule has 3 nitrogen and oxygen atoms in total. The summed E-state index contributed by atoms with van der Waals surface area (Å²) < 4.78 is 26.5. The Bertz CT molecular complexity index is 637. The molecule has 1 aromatic rings. The van der Waals surface area contributed by atoms with E-state index in [2.05, 4.69) is 10.3 Å². The third-order valence-corrected chi connectivity index (χ3v) is 4.45. The van der Waals surface area contributed by atoms with Crippen molar-refractivity contribution >= 4 is 28.9 Å². The van der Waals surface area contributed by atoms with Crippen LogP contribution in [0.2, 0.25) is 0 Å². The van der Waals surface area contributed by atoms with Gasteiger partial charge in [0.05, 0.1) is 10.9 Å². The predicted molar refractivity (Wildman–Crippen MR) is 79.8 cm³/mol. The van der Waals surface area contributed by atoms with Gasteiger partial charge < -0.3 is 5.32 Å². The van der Waals surface area contributed by atoms with Crippen LogP contribution < -0.4 is 5.32 Å². The number of carbonyl (C=O) groups is 1. The van der Waals surface area contributed by atoms with Gasteiger partial charge in [0.25, 0.3) is 5.91 Å². The maximum Gasteiger partial charge on any atom is 0.264 e. The number of carbonyl (C=O) groups excluding carboxylic acids is 1. The number of rotatable bonds is 2. The first-order chi connectivity index (χ1) is 10.1. The number of amides is 1. The van der Waals surface area contributed by atoms with Crippen LogP contribution in [0.3, 0.4) is 0 Å². The molecule has 1 aromatic carbocycles. The second-order valence-corrected chi connectivity index (χ2v) is 6.13. The van der Waals surface area contributed by atoms with E-state index in [1.165, 1.54) is 42.8 Å². The molecule has 6 heteroatoms. The van der Waals surface area contributed by atoms with E-state index in [9.17, 15) is 13.6 Å². The van der Waals surface area contributed by atoms with Gasteiger partial charge >= 0.3 is 0 Å². The van der Waals surface area contributed by atoms with Gasteiger partial charge in [-0.2, -0.15) is 0 Å². The number of halogens is 2. The van der Waals surface area contributed by atoms with E-state index in [4.69, 9.17) is 0 Å². The van der Waals surface area contributed by atoms with Crippen LogP contribution in [0.5, 0.6) is 0 Å². The molecule has 1 N–H and O–H groups in total. The van der Waals surface area contributed by atoms with Crippen LogP contribution in [-0.2, 0) is 4.79 Å². The van der Waals surface area contributed by atoms with Gasteiger partial charge in [-0.1, -0.05) is 12.8 Å². The van der Waals surface area contributed by atoms with Gasteiger partial charge in [0.15, 0.2) is 5.17 Å². The Morgan fingerprint density at radius 2 is 2.05 bits per heavy atom.